The summed E-state index contributed by atoms with van der Waals surface area (Å²) in [4.78, 5) is 25.0. The molecular formula is C26H37F2NO7. The number of benzene rings is 1. The second kappa shape index (κ2) is 19.2. The number of carbonyl (C=O) groups is 1. The minimum absolute atomic E-state index is 0.0970. The van der Waals surface area contributed by atoms with E-state index in [1.807, 2.05) is 25.1 Å². The van der Waals surface area contributed by atoms with E-state index in [0.29, 0.717) is 18.1 Å². The Morgan fingerprint density at radius 1 is 1.14 bits per heavy atom. The molecule has 202 valence electrons. The van der Waals surface area contributed by atoms with Crippen LogP contribution in [-0.4, -0.2) is 50.0 Å². The van der Waals surface area contributed by atoms with Crippen LogP contribution in [0.2, 0.25) is 0 Å². The zero-order valence-corrected chi connectivity index (χ0v) is 20.8. The van der Waals surface area contributed by atoms with Crippen molar-refractivity contribution in [1.29, 1.82) is 0 Å². The first-order chi connectivity index (χ1) is 17.3. The number of carbonyl (C=O) groups excluding carboxylic acids is 1. The summed E-state index contributed by atoms with van der Waals surface area (Å²) in [6.45, 7) is 1.67. The molecule has 0 atom stereocenters. The smallest absolute Gasteiger partial charge is 0.305 e. The lowest BCUT2D eigenvalue weighted by Gasteiger charge is -2.14. The third kappa shape index (κ3) is 17.4. The van der Waals surface area contributed by atoms with Crippen LogP contribution in [0.25, 0.3) is 0 Å². The van der Waals surface area contributed by atoms with Gasteiger partial charge in [-0.25, -0.2) is 0 Å². The van der Waals surface area contributed by atoms with Crippen molar-refractivity contribution in [3.8, 4) is 5.75 Å². The average molecular weight is 514 g/mol. The Morgan fingerprint density at radius 3 is 2.50 bits per heavy atom. The van der Waals surface area contributed by atoms with Crippen LogP contribution in [0.15, 0.2) is 54.6 Å². The largest absolute Gasteiger partial charge is 0.487 e. The summed E-state index contributed by atoms with van der Waals surface area (Å²) in [6, 6.07) is 8.71. The molecule has 8 nitrogen and oxygen atoms in total. The van der Waals surface area contributed by atoms with Gasteiger partial charge in [0.15, 0.2) is 6.61 Å². The fourth-order valence-corrected chi connectivity index (χ4v) is 3.26. The molecule has 0 bridgehead atoms. The van der Waals surface area contributed by atoms with Gasteiger partial charge >= 0.3 is 5.97 Å². The molecule has 1 aliphatic carbocycles. The summed E-state index contributed by atoms with van der Waals surface area (Å²) < 4.78 is 42.0. The van der Waals surface area contributed by atoms with Crippen LogP contribution in [0.4, 0.5) is 8.78 Å². The lowest BCUT2D eigenvalue weighted by atomic mass is 10.1. The first-order valence-corrected chi connectivity index (χ1v) is 12.2. The summed E-state index contributed by atoms with van der Waals surface area (Å²) in [6.07, 6.45) is 13.0. The molecule has 0 amide bonds. The highest BCUT2D eigenvalue weighted by Crippen LogP contribution is 2.27. The predicted molar refractivity (Wildman–Crippen MR) is 131 cm³/mol. The predicted octanol–water partition coefficient (Wildman–Crippen LogP) is 5.95. The number of nitrogens with zero attached hydrogens (tertiary/aromatic N) is 1. The summed E-state index contributed by atoms with van der Waals surface area (Å²) >= 11 is 0. The molecule has 0 spiro atoms. The number of alkyl halides is 2. The van der Waals surface area contributed by atoms with Gasteiger partial charge in [-0.3, -0.25) is 4.79 Å². The van der Waals surface area contributed by atoms with Gasteiger partial charge in [0.25, 0.3) is 11.0 Å². The molecule has 1 aromatic carbocycles. The van der Waals surface area contributed by atoms with E-state index < -0.39 is 17.6 Å². The first kappa shape index (κ1) is 31.0. The maximum atomic E-state index is 13.6. The Morgan fingerprint density at radius 2 is 1.83 bits per heavy atom. The van der Waals surface area contributed by atoms with E-state index in [1.54, 1.807) is 30.3 Å². The number of unbranched alkanes of at least 4 members (excludes halogenated alkanes) is 1. The number of esters is 1. The number of rotatable bonds is 16. The van der Waals surface area contributed by atoms with Crippen LogP contribution in [0.5, 0.6) is 5.75 Å². The van der Waals surface area contributed by atoms with Crippen molar-refractivity contribution < 1.29 is 37.7 Å². The Labute approximate surface area is 211 Å². The summed E-state index contributed by atoms with van der Waals surface area (Å²) in [5.74, 6) is -2.35. The van der Waals surface area contributed by atoms with E-state index in [-0.39, 0.29) is 32.4 Å². The zero-order chi connectivity index (χ0) is 26.5. The zero-order valence-electron chi connectivity index (χ0n) is 20.8. The fraction of sp³-hybridized carbons (Fsp3) is 0.577. The lowest BCUT2D eigenvalue weighted by Crippen LogP contribution is -2.23. The highest BCUT2D eigenvalue weighted by atomic mass is 19.3. The van der Waals surface area contributed by atoms with Crippen LogP contribution in [0, 0.1) is 16.0 Å². The Hall–Kier alpha value is -3.01. The van der Waals surface area contributed by atoms with Crippen molar-refractivity contribution in [1.82, 2.24) is 0 Å². The minimum atomic E-state index is -2.89. The van der Waals surface area contributed by atoms with E-state index in [2.05, 4.69) is 4.84 Å². The molecule has 1 fully saturated rings. The van der Waals surface area contributed by atoms with Gasteiger partial charge in [0.2, 0.25) is 0 Å². The molecule has 1 aliphatic rings. The van der Waals surface area contributed by atoms with Crippen LogP contribution < -0.4 is 4.74 Å². The van der Waals surface area contributed by atoms with Crippen molar-refractivity contribution in [2.24, 2.45) is 5.92 Å². The van der Waals surface area contributed by atoms with Gasteiger partial charge in [0.05, 0.1) is 13.2 Å². The first-order valence-electron chi connectivity index (χ1n) is 12.2. The Bertz CT molecular complexity index is 782. The van der Waals surface area contributed by atoms with Gasteiger partial charge in [-0.15, -0.1) is 10.1 Å². The van der Waals surface area contributed by atoms with E-state index in [0.717, 1.165) is 44.6 Å². The van der Waals surface area contributed by atoms with E-state index in [1.165, 1.54) is 0 Å². The molecule has 0 aromatic heterocycles. The number of hydrogen-bond acceptors (Lipinski definition) is 7. The molecule has 0 heterocycles. The van der Waals surface area contributed by atoms with Crippen LogP contribution in [0.3, 0.4) is 0 Å². The molecular weight excluding hydrogens is 476 g/mol. The maximum Gasteiger partial charge on any atom is 0.305 e. The van der Waals surface area contributed by atoms with Crippen molar-refractivity contribution >= 4 is 5.97 Å². The standard InChI is InChI=1S/C15H18F2O.C11H19NO6/c16-15(17,11-10-13-6-4-5-7-13)12-18-14-8-2-1-3-9-14;1-2-3-4-5-6-11(13)17-9-7-16-8-10-18-12(14)15/h1-3,8-11,13H,4-7,12H2;2-3H,4-10H2,1H3/b11-10+;3-2-. The van der Waals surface area contributed by atoms with Gasteiger partial charge < -0.3 is 19.0 Å². The molecule has 0 aliphatic heterocycles. The number of hydrogen-bond donors (Lipinski definition) is 0. The van der Waals surface area contributed by atoms with Crippen molar-refractivity contribution in [2.75, 3.05) is 33.0 Å². The van der Waals surface area contributed by atoms with E-state index in [4.69, 9.17) is 14.2 Å². The third-order valence-electron chi connectivity index (χ3n) is 5.09. The molecule has 0 saturated heterocycles. The molecule has 2 rings (SSSR count). The molecule has 0 unspecified atom stereocenters. The summed E-state index contributed by atoms with van der Waals surface area (Å²) in [5.41, 5.74) is 0. The fourth-order valence-electron chi connectivity index (χ4n) is 3.26. The van der Waals surface area contributed by atoms with Gasteiger partial charge in [-0.1, -0.05) is 49.3 Å². The van der Waals surface area contributed by atoms with E-state index in [9.17, 15) is 23.7 Å². The SMILES string of the molecule is C/C=C\CCCC(=O)OCCOCCO[N+](=O)[O-].FC(F)(/C=C/C1CCCC1)COc1ccccc1. The van der Waals surface area contributed by atoms with Gasteiger partial charge in [-0.2, -0.15) is 8.78 Å². The average Bonchev–Trinajstić information content (AvgIpc) is 3.39. The van der Waals surface area contributed by atoms with Crippen molar-refractivity contribution in [3.63, 3.8) is 0 Å². The molecule has 36 heavy (non-hydrogen) atoms. The maximum absolute atomic E-state index is 13.6. The van der Waals surface area contributed by atoms with Crippen LogP contribution in [0.1, 0.15) is 51.9 Å². The van der Waals surface area contributed by atoms with Crippen LogP contribution >= 0.6 is 0 Å². The van der Waals surface area contributed by atoms with Crippen LogP contribution in [-0.2, 0) is 19.1 Å². The molecule has 0 radical (unpaired) electrons. The number of ether oxygens (including phenoxy) is 3. The number of para-hydroxylation sites is 1. The Balaban J connectivity index is 0.000000360. The lowest BCUT2D eigenvalue weighted by molar-refractivity contribution is -0.758. The minimum Gasteiger partial charge on any atom is -0.487 e. The topological polar surface area (TPSA) is 97.1 Å². The van der Waals surface area contributed by atoms with E-state index >= 15 is 0 Å². The van der Waals surface area contributed by atoms with Gasteiger partial charge in [0, 0.05) is 6.42 Å². The van der Waals surface area contributed by atoms with Gasteiger partial charge in [-0.05, 0) is 56.7 Å². The normalized spacial score (nSPS) is 14.0. The Kier molecular flexibility index (Phi) is 16.6. The second-order valence-corrected chi connectivity index (χ2v) is 8.12. The molecule has 1 saturated carbocycles. The van der Waals surface area contributed by atoms with Crippen molar-refractivity contribution in [3.05, 3.63) is 64.8 Å². The van der Waals surface area contributed by atoms with Gasteiger partial charge in [0.1, 0.15) is 19.0 Å². The second-order valence-electron chi connectivity index (χ2n) is 8.12. The monoisotopic (exact) mass is 513 g/mol. The number of halogens is 2. The summed E-state index contributed by atoms with van der Waals surface area (Å²) in [7, 11) is 0. The molecule has 10 heteroatoms. The summed E-state index contributed by atoms with van der Waals surface area (Å²) in [5, 5.41) is 8.90. The highest BCUT2D eigenvalue weighted by Gasteiger charge is 2.27. The molecule has 0 N–H and O–H groups in total. The number of allylic oxidation sites excluding steroid dienone is 3. The third-order valence-corrected chi connectivity index (χ3v) is 5.09. The van der Waals surface area contributed by atoms with Crippen molar-refractivity contribution in [2.45, 2.75) is 57.8 Å². The molecule has 1 aromatic rings. The quantitative estimate of drug-likeness (QED) is 0.0886. The highest BCUT2D eigenvalue weighted by molar-refractivity contribution is 5.69.